The molecule has 22 heavy (non-hydrogen) atoms. The number of ether oxygens (including phenoxy) is 2. The molecule has 0 N–H and O–H groups in total. The fraction of sp³-hybridized carbons (Fsp3) is 0.111. The van der Waals surface area contributed by atoms with Crippen LogP contribution in [0.2, 0.25) is 0 Å². The minimum absolute atomic E-state index is 0.653. The van der Waals surface area contributed by atoms with Crippen molar-refractivity contribution in [1.82, 2.24) is 0 Å². The lowest BCUT2D eigenvalue weighted by molar-refractivity contribution is 0.426. The molecule has 108 valence electrons. The first-order valence-corrected chi connectivity index (χ1v) is 9.08. The second kappa shape index (κ2) is 4.15. The third-order valence-electron chi connectivity index (χ3n) is 4.40. The van der Waals surface area contributed by atoms with Gasteiger partial charge in [-0.15, -0.1) is 0 Å². The highest BCUT2D eigenvalue weighted by Crippen LogP contribution is 2.64. The molecule has 0 fully saturated rings. The third kappa shape index (κ3) is 1.39. The maximum atomic E-state index is 14.2. The van der Waals surface area contributed by atoms with Crippen molar-refractivity contribution >= 4 is 17.8 Å². The van der Waals surface area contributed by atoms with E-state index in [0.717, 1.165) is 34.5 Å². The second-order valence-corrected chi connectivity index (χ2v) is 8.32. The van der Waals surface area contributed by atoms with E-state index in [4.69, 9.17) is 9.47 Å². The normalized spacial score (nSPS) is 23.8. The molecule has 2 aliphatic heterocycles. The molecule has 0 saturated heterocycles. The van der Waals surface area contributed by atoms with Gasteiger partial charge >= 0.3 is 0 Å². The molecule has 2 aromatic carbocycles. The fourth-order valence-corrected chi connectivity index (χ4v) is 6.72. The van der Waals surface area contributed by atoms with E-state index in [1.165, 1.54) is 0 Å². The average Bonchev–Trinajstić information content (AvgIpc) is 2.55. The Bertz CT molecular complexity index is 924. The van der Waals surface area contributed by atoms with Crippen molar-refractivity contribution in [2.45, 2.75) is 12.8 Å². The van der Waals surface area contributed by atoms with Gasteiger partial charge in [-0.3, -0.25) is 0 Å². The Morgan fingerprint density at radius 1 is 0.909 bits per heavy atom. The fourth-order valence-electron chi connectivity index (χ4n) is 3.45. The van der Waals surface area contributed by atoms with Crippen LogP contribution in [0.25, 0.3) is 0 Å². The van der Waals surface area contributed by atoms with Crippen LogP contribution in [-0.2, 0) is 4.57 Å². The molecule has 0 saturated carbocycles. The minimum Gasteiger partial charge on any atom is -0.456 e. The summed E-state index contributed by atoms with van der Waals surface area (Å²) in [5.41, 5.74) is 0. The molecule has 4 heteroatoms. The summed E-state index contributed by atoms with van der Waals surface area (Å²) >= 11 is 0. The van der Waals surface area contributed by atoms with E-state index in [1.807, 2.05) is 48.5 Å². The van der Waals surface area contributed by atoms with Crippen LogP contribution < -0.4 is 20.1 Å². The molecule has 1 unspecified atom stereocenters. The zero-order valence-electron chi connectivity index (χ0n) is 11.8. The molecule has 1 atom stereocenters. The number of rotatable bonds is 0. The molecule has 3 nitrogen and oxygen atoms in total. The van der Waals surface area contributed by atoms with E-state index >= 15 is 0 Å². The lowest BCUT2D eigenvalue weighted by Crippen LogP contribution is -2.30. The van der Waals surface area contributed by atoms with Crippen LogP contribution in [0.1, 0.15) is 12.8 Å². The molecule has 3 aliphatic rings. The van der Waals surface area contributed by atoms with Crippen LogP contribution in [0, 0.1) is 0 Å². The lowest BCUT2D eigenvalue weighted by Gasteiger charge is -2.36. The first-order valence-electron chi connectivity index (χ1n) is 7.38. The maximum Gasteiger partial charge on any atom is 0.181 e. The highest BCUT2D eigenvalue weighted by atomic mass is 31.2. The van der Waals surface area contributed by atoms with Crippen molar-refractivity contribution in [3.8, 4) is 17.2 Å². The number of hydrogen-bond acceptors (Lipinski definition) is 3. The van der Waals surface area contributed by atoms with E-state index in [0.29, 0.717) is 17.2 Å². The quantitative estimate of drug-likeness (QED) is 0.689. The van der Waals surface area contributed by atoms with Gasteiger partial charge in [0.05, 0.1) is 5.30 Å². The molecule has 1 aliphatic carbocycles. The van der Waals surface area contributed by atoms with E-state index in [-0.39, 0.29) is 0 Å². The summed E-state index contributed by atoms with van der Waals surface area (Å²) < 4.78 is 26.2. The van der Waals surface area contributed by atoms with Gasteiger partial charge in [-0.1, -0.05) is 24.3 Å². The molecular formula is C18H13O3P. The highest BCUT2D eigenvalue weighted by Gasteiger charge is 2.47. The topological polar surface area (TPSA) is 35.5 Å². The number of para-hydroxylation sites is 1. The Balaban J connectivity index is 1.93. The van der Waals surface area contributed by atoms with Gasteiger partial charge in [0.25, 0.3) is 0 Å². The molecule has 2 aromatic rings. The summed E-state index contributed by atoms with van der Waals surface area (Å²) in [6.07, 6.45) is 5.69. The summed E-state index contributed by atoms with van der Waals surface area (Å²) in [7, 11) is -2.88. The molecule has 0 amide bonds. The summed E-state index contributed by atoms with van der Waals surface area (Å²) in [6.45, 7) is 0. The van der Waals surface area contributed by atoms with Gasteiger partial charge in [0.1, 0.15) is 28.3 Å². The van der Waals surface area contributed by atoms with Crippen molar-refractivity contribution in [2.24, 2.45) is 0 Å². The number of benzene rings is 2. The molecule has 5 rings (SSSR count). The Morgan fingerprint density at radius 3 is 2.59 bits per heavy atom. The Hall–Kier alpha value is -2.25. The van der Waals surface area contributed by atoms with E-state index in [2.05, 4.69) is 6.08 Å². The van der Waals surface area contributed by atoms with Crippen molar-refractivity contribution < 1.29 is 14.0 Å². The first kappa shape index (κ1) is 12.3. The number of fused-ring (bicyclic) bond motifs is 3. The van der Waals surface area contributed by atoms with Gasteiger partial charge < -0.3 is 14.0 Å². The SMILES string of the molecule is O=P12C3=C(C=CCC3)Oc3cccc(c31)Oc1ccccc12. The summed E-state index contributed by atoms with van der Waals surface area (Å²) in [6, 6.07) is 13.3. The third-order valence-corrected chi connectivity index (χ3v) is 7.73. The molecule has 0 aromatic heterocycles. The predicted octanol–water partition coefficient (Wildman–Crippen LogP) is 4.06. The van der Waals surface area contributed by atoms with Gasteiger partial charge in [0.15, 0.2) is 7.14 Å². The molecule has 2 heterocycles. The molecule has 0 radical (unpaired) electrons. The number of hydrogen-bond donors (Lipinski definition) is 0. The van der Waals surface area contributed by atoms with Gasteiger partial charge in [-0.05, 0) is 43.2 Å². The molecule has 0 spiro atoms. The minimum atomic E-state index is -2.88. The Labute approximate surface area is 128 Å². The summed E-state index contributed by atoms with van der Waals surface area (Å²) in [5, 5.41) is 2.44. The number of allylic oxidation sites excluding steroid dienone is 3. The first-order chi connectivity index (χ1) is 10.8. The van der Waals surface area contributed by atoms with Crippen LogP contribution in [-0.4, -0.2) is 0 Å². The summed E-state index contributed by atoms with van der Waals surface area (Å²) in [5.74, 6) is 2.75. The highest BCUT2D eigenvalue weighted by molar-refractivity contribution is 7.83. The van der Waals surface area contributed by atoms with Crippen molar-refractivity contribution in [2.75, 3.05) is 0 Å². The van der Waals surface area contributed by atoms with Crippen LogP contribution >= 0.6 is 7.14 Å². The standard InChI is InChI=1S/C18H13O3P/c19-22-16-10-3-1-6-12(16)20-14-8-5-9-15(18(14)22)21-13-7-2-4-11-17(13)22/h1-3,5-10H,4,11H2. The van der Waals surface area contributed by atoms with Crippen molar-refractivity contribution in [3.63, 3.8) is 0 Å². The maximum absolute atomic E-state index is 14.2. The van der Waals surface area contributed by atoms with Crippen LogP contribution in [0.4, 0.5) is 0 Å². The van der Waals surface area contributed by atoms with Crippen LogP contribution in [0.3, 0.4) is 0 Å². The Kier molecular flexibility index (Phi) is 2.32. The zero-order chi connectivity index (χ0) is 14.7. The van der Waals surface area contributed by atoms with Gasteiger partial charge in [-0.25, -0.2) is 0 Å². The van der Waals surface area contributed by atoms with E-state index in [1.54, 1.807) is 0 Å². The molecular weight excluding hydrogens is 295 g/mol. The second-order valence-electron chi connectivity index (χ2n) is 5.64. The summed E-state index contributed by atoms with van der Waals surface area (Å²) in [4.78, 5) is 0. The largest absolute Gasteiger partial charge is 0.456 e. The van der Waals surface area contributed by atoms with Crippen molar-refractivity contribution in [1.29, 1.82) is 0 Å². The van der Waals surface area contributed by atoms with Crippen molar-refractivity contribution in [3.05, 3.63) is 65.7 Å². The average molecular weight is 308 g/mol. The van der Waals surface area contributed by atoms with Crippen LogP contribution in [0.5, 0.6) is 17.2 Å². The van der Waals surface area contributed by atoms with Crippen LogP contribution in [0.15, 0.2) is 65.7 Å². The predicted molar refractivity (Wildman–Crippen MR) is 85.9 cm³/mol. The van der Waals surface area contributed by atoms with Gasteiger partial charge in [0, 0.05) is 5.31 Å². The lowest BCUT2D eigenvalue weighted by atomic mass is 10.1. The van der Waals surface area contributed by atoms with Gasteiger partial charge in [-0.2, -0.15) is 0 Å². The van der Waals surface area contributed by atoms with E-state index < -0.39 is 7.14 Å². The molecule has 0 bridgehead atoms. The van der Waals surface area contributed by atoms with Gasteiger partial charge in [0.2, 0.25) is 0 Å². The zero-order valence-corrected chi connectivity index (χ0v) is 12.7. The smallest absolute Gasteiger partial charge is 0.181 e. The van der Waals surface area contributed by atoms with E-state index in [9.17, 15) is 4.57 Å². The Morgan fingerprint density at radius 2 is 1.68 bits per heavy atom. The monoisotopic (exact) mass is 308 g/mol.